The predicted octanol–water partition coefficient (Wildman–Crippen LogP) is 1.62. The minimum Gasteiger partial charge on any atom is -0.396 e. The van der Waals surface area contributed by atoms with Crippen molar-refractivity contribution in [2.75, 3.05) is 72.2 Å². The highest BCUT2D eigenvalue weighted by Crippen LogP contribution is 2.71. The number of carbonyl (C=O) groups is 3. The lowest BCUT2D eigenvalue weighted by Gasteiger charge is -2.38. The zero-order valence-corrected chi connectivity index (χ0v) is 24.5. The molecular weight excluding hydrogens is 516 g/mol. The van der Waals surface area contributed by atoms with Crippen LogP contribution in [-0.4, -0.2) is 130 Å². The molecule has 1 N–H and O–H groups in total. The van der Waals surface area contributed by atoms with Gasteiger partial charge in [-0.25, -0.2) is 0 Å². The molecule has 4 fully saturated rings. The minimum atomic E-state index is -0.658. The Kier molecular flexibility index (Phi) is 9.83. The van der Waals surface area contributed by atoms with Gasteiger partial charge in [-0.3, -0.25) is 19.3 Å². The van der Waals surface area contributed by atoms with Gasteiger partial charge in [0.05, 0.1) is 29.8 Å². The van der Waals surface area contributed by atoms with Gasteiger partial charge in [-0.15, -0.1) is 24.9 Å². The van der Waals surface area contributed by atoms with Crippen molar-refractivity contribution >= 4 is 29.5 Å². The predicted molar refractivity (Wildman–Crippen MR) is 153 cm³/mol. The largest absolute Gasteiger partial charge is 0.396 e. The summed E-state index contributed by atoms with van der Waals surface area (Å²) in [5.41, 5.74) is 0. The van der Waals surface area contributed by atoms with Crippen molar-refractivity contribution in [3.8, 4) is 0 Å². The number of thioether (sulfide) groups is 1. The second-order valence-electron chi connectivity index (χ2n) is 11.4. The van der Waals surface area contributed by atoms with E-state index in [0.29, 0.717) is 52.4 Å². The quantitative estimate of drug-likeness (QED) is 0.322. The summed E-state index contributed by atoms with van der Waals surface area (Å²) in [5, 5.41) is 9.63. The summed E-state index contributed by atoms with van der Waals surface area (Å²) >= 11 is 1.70. The molecule has 0 aliphatic carbocycles. The topological polar surface area (TPSA) is 93.6 Å². The summed E-state index contributed by atoms with van der Waals surface area (Å²) in [5.74, 6) is -1.21. The van der Waals surface area contributed by atoms with E-state index < -0.39 is 27.4 Å². The van der Waals surface area contributed by atoms with Crippen LogP contribution in [-0.2, 0) is 19.1 Å². The van der Waals surface area contributed by atoms with E-state index in [4.69, 9.17) is 4.74 Å². The average molecular weight is 563 g/mol. The molecule has 4 aliphatic rings. The number of fused-ring (bicyclic) bond motifs is 1. The highest BCUT2D eigenvalue weighted by Gasteiger charge is 2.77. The normalized spacial score (nSPS) is 31.8. The molecule has 4 rings (SSSR count). The molecular formula is C29H46N4O5S. The lowest BCUT2D eigenvalue weighted by Crippen LogP contribution is -2.56. The molecule has 4 saturated heterocycles. The SMILES string of the molecule is C=CCN(CCN1CCOCC1)C(=O)C1N(CCCO)C(=O)[C@@H]2[C@H](C(=O)N(CC=C)CCC)[C@]3(C)CCC12S3. The summed E-state index contributed by atoms with van der Waals surface area (Å²) in [6.07, 6.45) is 6.21. The first kappa shape index (κ1) is 30.1. The number of rotatable bonds is 14. The molecule has 4 aliphatic heterocycles. The van der Waals surface area contributed by atoms with E-state index in [1.54, 1.807) is 28.8 Å². The number of ether oxygens (including phenoxy) is 1. The molecule has 0 radical (unpaired) electrons. The molecule has 2 bridgehead atoms. The second-order valence-corrected chi connectivity index (χ2v) is 13.3. The third-order valence-electron chi connectivity index (χ3n) is 8.94. The van der Waals surface area contributed by atoms with Crippen LogP contribution in [0.4, 0.5) is 0 Å². The summed E-state index contributed by atoms with van der Waals surface area (Å²) in [4.78, 5) is 50.3. The molecule has 0 saturated carbocycles. The molecule has 2 unspecified atom stereocenters. The highest BCUT2D eigenvalue weighted by atomic mass is 32.2. The maximum Gasteiger partial charge on any atom is 0.247 e. The first-order valence-electron chi connectivity index (χ1n) is 14.5. The van der Waals surface area contributed by atoms with Gasteiger partial charge in [-0.1, -0.05) is 19.1 Å². The van der Waals surface area contributed by atoms with Gasteiger partial charge >= 0.3 is 0 Å². The van der Waals surface area contributed by atoms with Crippen LogP contribution in [0.2, 0.25) is 0 Å². The van der Waals surface area contributed by atoms with Gasteiger partial charge in [-0.05, 0) is 32.6 Å². The van der Waals surface area contributed by atoms with Crippen LogP contribution in [0.1, 0.15) is 39.5 Å². The fraction of sp³-hybridized carbons (Fsp3) is 0.759. The molecule has 1 spiro atoms. The van der Waals surface area contributed by atoms with Crippen LogP contribution in [0.15, 0.2) is 25.3 Å². The first-order chi connectivity index (χ1) is 18.8. The smallest absolute Gasteiger partial charge is 0.247 e. The Morgan fingerprint density at radius 3 is 2.38 bits per heavy atom. The standard InChI is InChI=1S/C29H46N4O5S/c1-5-11-31(12-6-2)25(35)22-23-26(36)33(14-8-19-34)24(29(23)10-9-28(22,4)39-29)27(37)32(13-7-3)16-15-30-17-20-38-21-18-30/h5,7,22-24,34H,1,3,6,8-21H2,2,4H3/t22-,23+,24?,28+,29?/m1/s1. The Balaban J connectivity index is 1.66. The van der Waals surface area contributed by atoms with Gasteiger partial charge in [0, 0.05) is 63.7 Å². The number of amides is 3. The lowest BCUT2D eigenvalue weighted by molar-refractivity contribution is -0.145. The Morgan fingerprint density at radius 2 is 1.77 bits per heavy atom. The fourth-order valence-electron chi connectivity index (χ4n) is 7.18. The molecule has 9 nitrogen and oxygen atoms in total. The Hall–Kier alpha value is -1.88. The number of hydrogen-bond donors (Lipinski definition) is 1. The molecule has 10 heteroatoms. The molecule has 5 atom stereocenters. The third kappa shape index (κ3) is 5.54. The van der Waals surface area contributed by atoms with Crippen molar-refractivity contribution in [3.05, 3.63) is 25.3 Å². The van der Waals surface area contributed by atoms with Crippen molar-refractivity contribution < 1.29 is 24.2 Å². The summed E-state index contributed by atoms with van der Waals surface area (Å²) in [6.45, 7) is 17.9. The lowest BCUT2D eigenvalue weighted by atomic mass is 9.66. The van der Waals surface area contributed by atoms with Crippen molar-refractivity contribution in [1.82, 2.24) is 19.6 Å². The highest BCUT2D eigenvalue weighted by molar-refractivity contribution is 8.02. The number of nitrogens with zero attached hydrogens (tertiary/aromatic N) is 4. The van der Waals surface area contributed by atoms with Crippen molar-refractivity contribution in [1.29, 1.82) is 0 Å². The van der Waals surface area contributed by atoms with Crippen molar-refractivity contribution in [2.45, 2.75) is 55.1 Å². The molecule has 0 aromatic carbocycles. The number of aliphatic hydroxyl groups excluding tert-OH is 1. The molecule has 4 heterocycles. The van der Waals surface area contributed by atoms with Crippen LogP contribution in [0.3, 0.4) is 0 Å². The maximum atomic E-state index is 14.4. The van der Waals surface area contributed by atoms with E-state index in [1.807, 2.05) is 16.7 Å². The van der Waals surface area contributed by atoms with Crippen LogP contribution >= 0.6 is 11.8 Å². The van der Waals surface area contributed by atoms with E-state index in [1.165, 1.54) is 0 Å². The van der Waals surface area contributed by atoms with E-state index in [0.717, 1.165) is 38.9 Å². The van der Waals surface area contributed by atoms with E-state index >= 15 is 0 Å². The average Bonchev–Trinajstić information content (AvgIpc) is 3.50. The Bertz CT molecular complexity index is 943. The molecule has 218 valence electrons. The zero-order chi connectivity index (χ0) is 28.2. The van der Waals surface area contributed by atoms with Gasteiger partial charge < -0.3 is 24.5 Å². The third-order valence-corrected chi connectivity index (χ3v) is 10.9. The first-order valence-corrected chi connectivity index (χ1v) is 15.3. The second kappa shape index (κ2) is 12.7. The van der Waals surface area contributed by atoms with Gasteiger partial charge in [-0.2, -0.15) is 0 Å². The number of morpholine rings is 1. The van der Waals surface area contributed by atoms with Gasteiger partial charge in [0.2, 0.25) is 17.7 Å². The number of hydrogen-bond acceptors (Lipinski definition) is 7. The Morgan fingerprint density at radius 1 is 1.10 bits per heavy atom. The van der Waals surface area contributed by atoms with Crippen molar-refractivity contribution in [2.24, 2.45) is 11.8 Å². The number of likely N-dealkylation sites (tertiary alicyclic amines) is 1. The molecule has 0 aromatic rings. The van der Waals surface area contributed by atoms with Gasteiger partial charge in [0.1, 0.15) is 6.04 Å². The monoisotopic (exact) mass is 562 g/mol. The molecule has 0 aromatic heterocycles. The van der Waals surface area contributed by atoms with E-state index in [2.05, 4.69) is 25.0 Å². The fourth-order valence-corrected chi connectivity index (χ4v) is 9.53. The Labute approximate surface area is 237 Å². The van der Waals surface area contributed by atoms with Crippen LogP contribution in [0.5, 0.6) is 0 Å². The minimum absolute atomic E-state index is 0.00264. The van der Waals surface area contributed by atoms with E-state index in [9.17, 15) is 19.5 Å². The molecule has 39 heavy (non-hydrogen) atoms. The zero-order valence-electron chi connectivity index (χ0n) is 23.7. The van der Waals surface area contributed by atoms with Crippen LogP contribution < -0.4 is 0 Å². The molecule has 3 amide bonds. The summed E-state index contributed by atoms with van der Waals surface area (Å²) in [7, 11) is 0. The van der Waals surface area contributed by atoms with Crippen LogP contribution in [0, 0.1) is 11.8 Å². The van der Waals surface area contributed by atoms with Gasteiger partial charge in [0.25, 0.3) is 0 Å². The van der Waals surface area contributed by atoms with Crippen LogP contribution in [0.25, 0.3) is 0 Å². The number of aliphatic hydroxyl groups is 1. The number of carbonyl (C=O) groups excluding carboxylic acids is 3. The summed E-state index contributed by atoms with van der Waals surface area (Å²) < 4.78 is 4.42. The van der Waals surface area contributed by atoms with E-state index in [-0.39, 0.29) is 24.3 Å². The van der Waals surface area contributed by atoms with Crippen molar-refractivity contribution in [3.63, 3.8) is 0 Å². The summed E-state index contributed by atoms with van der Waals surface area (Å²) in [6, 6.07) is -0.658. The van der Waals surface area contributed by atoms with Gasteiger partial charge in [0.15, 0.2) is 0 Å². The maximum absolute atomic E-state index is 14.4.